The van der Waals surface area contributed by atoms with Crippen molar-refractivity contribution in [1.29, 1.82) is 0 Å². The maximum atomic E-state index is 11.2. The number of morpholine rings is 1. The zero-order valence-corrected chi connectivity index (χ0v) is 12.9. The van der Waals surface area contributed by atoms with Gasteiger partial charge in [-0.25, -0.2) is 4.98 Å². The smallest absolute Gasteiger partial charge is 0.186 e. The van der Waals surface area contributed by atoms with E-state index in [0.29, 0.717) is 5.92 Å². The van der Waals surface area contributed by atoms with Gasteiger partial charge in [-0.2, -0.15) is 0 Å². The monoisotopic (exact) mass is 282 g/mol. The molecule has 0 aromatic carbocycles. The zero-order chi connectivity index (χ0) is 14.0. The molecule has 1 fully saturated rings. The lowest BCUT2D eigenvalue weighted by molar-refractivity contribution is -0.00523. The van der Waals surface area contributed by atoms with Gasteiger partial charge in [0.25, 0.3) is 0 Å². The molecule has 0 N–H and O–H groups in total. The molecule has 4 nitrogen and oxygen atoms in total. The van der Waals surface area contributed by atoms with Gasteiger partial charge in [-0.1, -0.05) is 25.2 Å². The largest absolute Gasteiger partial charge is 0.372 e. The molecule has 0 radical (unpaired) electrons. The van der Waals surface area contributed by atoms with Crippen molar-refractivity contribution < 1.29 is 9.53 Å². The van der Waals surface area contributed by atoms with Crippen LogP contribution in [0.25, 0.3) is 0 Å². The van der Waals surface area contributed by atoms with Gasteiger partial charge in [-0.05, 0) is 26.2 Å². The summed E-state index contributed by atoms with van der Waals surface area (Å²) in [6.45, 7) is 10.1. The van der Waals surface area contributed by atoms with Crippen molar-refractivity contribution in [3.8, 4) is 0 Å². The van der Waals surface area contributed by atoms with E-state index in [0.717, 1.165) is 41.5 Å². The number of carbonyl (C=O) groups is 1. The van der Waals surface area contributed by atoms with Gasteiger partial charge in [0.15, 0.2) is 11.4 Å². The van der Waals surface area contributed by atoms with Crippen molar-refractivity contribution in [3.05, 3.63) is 10.6 Å². The molecule has 1 saturated heterocycles. The van der Waals surface area contributed by atoms with Crippen LogP contribution in [0, 0.1) is 0 Å². The Balaban J connectivity index is 2.25. The van der Waals surface area contributed by atoms with Crippen LogP contribution in [0.2, 0.25) is 0 Å². The number of hydrogen-bond donors (Lipinski definition) is 0. The SMILES string of the molecule is CCC(C)c1nc(N2CC(C)OC(C)C2)sc1C=O. The quantitative estimate of drug-likeness (QED) is 0.796. The van der Waals surface area contributed by atoms with E-state index in [1.807, 2.05) is 0 Å². The lowest BCUT2D eigenvalue weighted by Crippen LogP contribution is -2.45. The first-order valence-electron chi connectivity index (χ1n) is 6.91. The second kappa shape index (κ2) is 6.01. The van der Waals surface area contributed by atoms with Crippen LogP contribution < -0.4 is 4.90 Å². The van der Waals surface area contributed by atoms with Crippen LogP contribution in [0.5, 0.6) is 0 Å². The molecule has 3 atom stereocenters. The van der Waals surface area contributed by atoms with Crippen molar-refractivity contribution in [3.63, 3.8) is 0 Å². The Bertz CT molecular complexity index is 437. The Hall–Kier alpha value is -0.940. The molecule has 2 heterocycles. The summed E-state index contributed by atoms with van der Waals surface area (Å²) >= 11 is 1.50. The first-order chi connectivity index (χ1) is 9.05. The number of aldehydes is 1. The summed E-state index contributed by atoms with van der Waals surface area (Å²) in [7, 11) is 0. The van der Waals surface area contributed by atoms with Crippen LogP contribution >= 0.6 is 11.3 Å². The number of carbonyl (C=O) groups excluding carboxylic acids is 1. The average Bonchev–Trinajstić information content (AvgIpc) is 2.80. The number of hydrogen-bond acceptors (Lipinski definition) is 5. The van der Waals surface area contributed by atoms with Crippen LogP contribution in [0.1, 0.15) is 55.4 Å². The summed E-state index contributed by atoms with van der Waals surface area (Å²) in [5.74, 6) is 0.334. The van der Waals surface area contributed by atoms with Crippen molar-refractivity contribution in [2.24, 2.45) is 0 Å². The summed E-state index contributed by atoms with van der Waals surface area (Å²) in [6.07, 6.45) is 2.36. The third-order valence-corrected chi connectivity index (χ3v) is 4.60. The van der Waals surface area contributed by atoms with Gasteiger partial charge in [0.2, 0.25) is 0 Å². The van der Waals surface area contributed by atoms with Gasteiger partial charge in [0.1, 0.15) is 0 Å². The molecule has 2 rings (SSSR count). The number of ether oxygens (including phenoxy) is 1. The van der Waals surface area contributed by atoms with Gasteiger partial charge in [0.05, 0.1) is 22.8 Å². The number of thiazole rings is 1. The molecular weight excluding hydrogens is 260 g/mol. The first kappa shape index (κ1) is 14.5. The zero-order valence-electron chi connectivity index (χ0n) is 12.0. The minimum absolute atomic E-state index is 0.208. The first-order valence-corrected chi connectivity index (χ1v) is 7.73. The maximum absolute atomic E-state index is 11.2. The molecule has 5 heteroatoms. The molecule has 1 aromatic heterocycles. The van der Waals surface area contributed by atoms with Gasteiger partial charge in [0, 0.05) is 13.1 Å². The summed E-state index contributed by atoms with van der Waals surface area (Å²) < 4.78 is 5.74. The van der Waals surface area contributed by atoms with Gasteiger partial charge >= 0.3 is 0 Å². The molecule has 106 valence electrons. The minimum Gasteiger partial charge on any atom is -0.372 e. The number of nitrogens with zero attached hydrogens (tertiary/aromatic N) is 2. The van der Waals surface area contributed by atoms with Crippen LogP contribution in [0.4, 0.5) is 5.13 Å². The Labute approximate surface area is 118 Å². The Morgan fingerprint density at radius 3 is 2.63 bits per heavy atom. The molecular formula is C14H22N2O2S. The van der Waals surface area contributed by atoms with Crippen molar-refractivity contribution in [2.45, 2.75) is 52.2 Å². The molecule has 0 saturated carbocycles. The average molecular weight is 282 g/mol. The number of aromatic nitrogens is 1. The van der Waals surface area contributed by atoms with E-state index in [4.69, 9.17) is 9.72 Å². The third-order valence-electron chi connectivity index (χ3n) is 3.55. The summed E-state index contributed by atoms with van der Waals surface area (Å²) in [6, 6.07) is 0. The molecule has 0 amide bonds. The van der Waals surface area contributed by atoms with E-state index in [2.05, 4.69) is 32.6 Å². The van der Waals surface area contributed by atoms with E-state index in [1.54, 1.807) is 0 Å². The topological polar surface area (TPSA) is 42.4 Å². The van der Waals surface area contributed by atoms with E-state index >= 15 is 0 Å². The van der Waals surface area contributed by atoms with Gasteiger partial charge in [-0.3, -0.25) is 4.79 Å². The summed E-state index contributed by atoms with van der Waals surface area (Å²) in [5.41, 5.74) is 0.948. The van der Waals surface area contributed by atoms with E-state index in [1.165, 1.54) is 11.3 Å². The maximum Gasteiger partial charge on any atom is 0.186 e. The second-order valence-corrected chi connectivity index (χ2v) is 6.34. The normalized spacial score (nSPS) is 25.4. The van der Waals surface area contributed by atoms with E-state index < -0.39 is 0 Å². The highest BCUT2D eigenvalue weighted by Crippen LogP contribution is 2.32. The number of anilines is 1. The fourth-order valence-corrected chi connectivity index (χ4v) is 3.45. The van der Waals surface area contributed by atoms with Crippen molar-refractivity contribution in [1.82, 2.24) is 4.98 Å². The standard InChI is InChI=1S/C14H22N2O2S/c1-5-9(2)13-12(8-17)19-14(15-13)16-6-10(3)18-11(4)7-16/h8-11H,5-7H2,1-4H3. The lowest BCUT2D eigenvalue weighted by atomic mass is 10.0. The predicted octanol–water partition coefficient (Wildman–Crippen LogP) is 3.08. The highest BCUT2D eigenvalue weighted by Gasteiger charge is 2.26. The molecule has 0 bridgehead atoms. The molecule has 19 heavy (non-hydrogen) atoms. The molecule has 3 unspecified atom stereocenters. The summed E-state index contributed by atoms with van der Waals surface area (Å²) in [4.78, 5) is 18.9. The Morgan fingerprint density at radius 1 is 1.47 bits per heavy atom. The molecule has 0 spiro atoms. The predicted molar refractivity (Wildman–Crippen MR) is 78.4 cm³/mol. The summed E-state index contributed by atoms with van der Waals surface area (Å²) in [5, 5.41) is 0.958. The highest BCUT2D eigenvalue weighted by atomic mass is 32.1. The van der Waals surface area contributed by atoms with Crippen LogP contribution in [-0.2, 0) is 4.74 Å². The van der Waals surface area contributed by atoms with Gasteiger partial charge in [-0.15, -0.1) is 0 Å². The highest BCUT2D eigenvalue weighted by molar-refractivity contribution is 7.17. The third kappa shape index (κ3) is 3.15. The van der Waals surface area contributed by atoms with Crippen LogP contribution in [0.3, 0.4) is 0 Å². The molecule has 0 aliphatic carbocycles. The molecule has 1 aliphatic heterocycles. The van der Waals surface area contributed by atoms with Crippen molar-refractivity contribution in [2.75, 3.05) is 18.0 Å². The fourth-order valence-electron chi connectivity index (χ4n) is 2.43. The Kier molecular flexibility index (Phi) is 4.58. The lowest BCUT2D eigenvalue weighted by Gasteiger charge is -2.35. The molecule has 1 aromatic rings. The minimum atomic E-state index is 0.208. The van der Waals surface area contributed by atoms with Crippen LogP contribution in [0.15, 0.2) is 0 Å². The van der Waals surface area contributed by atoms with E-state index in [9.17, 15) is 4.79 Å². The van der Waals surface area contributed by atoms with E-state index in [-0.39, 0.29) is 12.2 Å². The van der Waals surface area contributed by atoms with Gasteiger partial charge < -0.3 is 9.64 Å². The van der Waals surface area contributed by atoms with Crippen molar-refractivity contribution >= 4 is 22.8 Å². The Morgan fingerprint density at radius 2 is 2.11 bits per heavy atom. The fraction of sp³-hybridized carbons (Fsp3) is 0.714. The second-order valence-electron chi connectivity index (χ2n) is 5.34. The van der Waals surface area contributed by atoms with Crippen LogP contribution in [-0.4, -0.2) is 36.6 Å². The molecule has 1 aliphatic rings. The number of rotatable bonds is 4.